The van der Waals surface area contributed by atoms with Gasteiger partial charge >= 0.3 is 35.3 Å². The van der Waals surface area contributed by atoms with Crippen LogP contribution in [0.15, 0.2) is 0 Å². The first-order valence-corrected chi connectivity index (χ1v) is 11.6. The lowest BCUT2D eigenvalue weighted by Crippen LogP contribution is -2.85. The molecule has 0 radical (unpaired) electrons. The summed E-state index contributed by atoms with van der Waals surface area (Å²) in [5.41, 5.74) is -7.04. The molecular formula is C20H23F11O11. The van der Waals surface area contributed by atoms with Gasteiger partial charge in [-0.05, 0) is 0 Å². The van der Waals surface area contributed by atoms with Crippen molar-refractivity contribution < 1.29 is 103 Å². The van der Waals surface area contributed by atoms with E-state index in [1.54, 1.807) is 0 Å². The molecule has 2 saturated heterocycles. The summed E-state index contributed by atoms with van der Waals surface area (Å²) in [6.07, 6.45) is -24.7. The number of carbonyl (C=O) groups is 1. The monoisotopic (exact) mass is 648 g/mol. The molecule has 3 rings (SSSR count). The molecule has 42 heavy (non-hydrogen) atoms. The Balaban J connectivity index is 1.90. The first kappa shape index (κ1) is 35.0. The van der Waals surface area contributed by atoms with Crippen molar-refractivity contribution in [1.82, 2.24) is 0 Å². The van der Waals surface area contributed by atoms with Gasteiger partial charge in [0, 0.05) is 6.42 Å². The molecular weight excluding hydrogens is 625 g/mol. The van der Waals surface area contributed by atoms with Gasteiger partial charge in [0.05, 0.1) is 19.3 Å². The summed E-state index contributed by atoms with van der Waals surface area (Å²) in [6, 6.07) is 0. The van der Waals surface area contributed by atoms with Crippen LogP contribution in [0.25, 0.3) is 0 Å². The Morgan fingerprint density at radius 2 is 1.00 bits per heavy atom. The fourth-order valence-electron chi connectivity index (χ4n) is 4.73. The van der Waals surface area contributed by atoms with Crippen LogP contribution >= 0.6 is 0 Å². The molecule has 0 aromatic rings. The number of hydrogen-bond acceptors (Lipinski definition) is 11. The van der Waals surface area contributed by atoms with Crippen molar-refractivity contribution in [3.05, 3.63) is 0 Å². The number of halogens is 11. The summed E-state index contributed by atoms with van der Waals surface area (Å²) < 4.78 is 169. The van der Waals surface area contributed by atoms with E-state index in [-0.39, 0.29) is 0 Å². The minimum atomic E-state index is -7.57. The summed E-state index contributed by atoms with van der Waals surface area (Å²) in [4.78, 5) is 12.3. The Hall–Kier alpha value is -1.50. The molecule has 1 saturated carbocycles. The summed E-state index contributed by atoms with van der Waals surface area (Å²) in [5.74, 6) is -41.3. The molecule has 10 atom stereocenters. The first-order chi connectivity index (χ1) is 18.9. The predicted octanol–water partition coefficient (Wildman–Crippen LogP) is -1.49. The van der Waals surface area contributed by atoms with Crippen LogP contribution in [0.1, 0.15) is 6.42 Å². The molecule has 1 aliphatic carbocycles. The highest BCUT2D eigenvalue weighted by Gasteiger charge is 3.02. The van der Waals surface area contributed by atoms with Crippen LogP contribution < -0.4 is 0 Å². The van der Waals surface area contributed by atoms with E-state index < -0.39 is 122 Å². The maximum absolute atomic E-state index is 15.1. The number of ketones is 1. The van der Waals surface area contributed by atoms with Crippen molar-refractivity contribution >= 4 is 5.78 Å². The lowest BCUT2D eigenvalue weighted by atomic mass is 9.69. The van der Waals surface area contributed by atoms with Gasteiger partial charge in [0.2, 0.25) is 0 Å². The van der Waals surface area contributed by atoms with E-state index >= 15 is 4.39 Å². The van der Waals surface area contributed by atoms with Crippen molar-refractivity contribution in [2.75, 3.05) is 13.2 Å². The zero-order valence-corrected chi connectivity index (χ0v) is 20.3. The van der Waals surface area contributed by atoms with Gasteiger partial charge in [-0.15, -0.1) is 0 Å². The number of aliphatic hydroxyl groups excluding tert-OH is 7. The molecule has 3 fully saturated rings. The Bertz CT molecular complexity index is 984. The van der Waals surface area contributed by atoms with Crippen molar-refractivity contribution in [3.63, 3.8) is 0 Å². The Kier molecular flexibility index (Phi) is 9.03. The van der Waals surface area contributed by atoms with Crippen LogP contribution in [-0.2, 0) is 19.0 Å². The van der Waals surface area contributed by atoms with Gasteiger partial charge in [0.25, 0.3) is 0 Å². The Morgan fingerprint density at radius 3 is 1.45 bits per heavy atom. The normalized spacial score (nSPS) is 43.5. The maximum atomic E-state index is 15.1. The van der Waals surface area contributed by atoms with Gasteiger partial charge in [-0.1, -0.05) is 0 Å². The standard InChI is InChI=1S/C20H23F11O11/c21-15(16(22,23)18(26,27)20(30,31)19(28,29)17(15,24)25)7(34)1-4-8(35)11(38)13(6(3-33)40-4)42-14-12(39)10(37)9(36)5(2-32)41-14/h4-6,8-14,32-33,35-39H,1-3H2/t4-,5+,6+,8-,9+,10-,11+,12+,13+,14-/m0/s1. The van der Waals surface area contributed by atoms with Crippen molar-refractivity contribution in [2.24, 2.45) is 0 Å². The van der Waals surface area contributed by atoms with Crippen LogP contribution in [-0.4, -0.2) is 151 Å². The molecule has 0 aromatic heterocycles. The third-order valence-corrected chi connectivity index (χ3v) is 7.32. The second kappa shape index (κ2) is 10.8. The number of aliphatic hydroxyl groups is 7. The predicted molar refractivity (Wildman–Crippen MR) is 105 cm³/mol. The molecule has 3 aliphatic rings. The minimum Gasteiger partial charge on any atom is -0.394 e. The van der Waals surface area contributed by atoms with E-state index in [1.165, 1.54) is 0 Å². The third-order valence-electron chi connectivity index (χ3n) is 7.32. The smallest absolute Gasteiger partial charge is 0.384 e. The van der Waals surface area contributed by atoms with Gasteiger partial charge in [-0.2, -0.15) is 43.9 Å². The number of alkyl halides is 11. The fraction of sp³-hybridized carbons (Fsp3) is 0.950. The van der Waals surface area contributed by atoms with Gasteiger partial charge in [-0.25, -0.2) is 4.39 Å². The largest absolute Gasteiger partial charge is 0.394 e. The number of hydrogen-bond donors (Lipinski definition) is 7. The highest BCUT2D eigenvalue weighted by molar-refractivity contribution is 5.91. The molecule has 2 aliphatic heterocycles. The number of rotatable bonds is 7. The Morgan fingerprint density at radius 1 is 0.571 bits per heavy atom. The zero-order valence-electron chi connectivity index (χ0n) is 20.3. The van der Waals surface area contributed by atoms with E-state index in [2.05, 4.69) is 0 Å². The van der Waals surface area contributed by atoms with Crippen LogP contribution in [0.2, 0.25) is 0 Å². The summed E-state index contributed by atoms with van der Waals surface area (Å²) in [6.45, 7) is -2.37. The molecule has 246 valence electrons. The molecule has 0 unspecified atom stereocenters. The zero-order chi connectivity index (χ0) is 32.6. The Labute approximate surface area is 226 Å². The first-order valence-electron chi connectivity index (χ1n) is 11.6. The van der Waals surface area contributed by atoms with E-state index in [4.69, 9.17) is 14.2 Å². The van der Waals surface area contributed by atoms with Crippen molar-refractivity contribution in [2.45, 2.75) is 103 Å². The highest BCUT2D eigenvalue weighted by atomic mass is 19.4. The van der Waals surface area contributed by atoms with Gasteiger partial charge in [-0.3, -0.25) is 4.79 Å². The quantitative estimate of drug-likeness (QED) is 0.160. The van der Waals surface area contributed by atoms with E-state index in [0.717, 1.165) is 0 Å². The molecule has 0 amide bonds. The number of ether oxygens (including phenoxy) is 3. The second-order valence-corrected chi connectivity index (χ2v) is 9.83. The number of carbonyl (C=O) groups excluding carboxylic acids is 1. The SMILES string of the molecule is O=C(C[C@@H]1O[C@H](CO)[C@@H](O[C@@H]2O[C@H](CO)[C@@H](O)[C@H](O)[C@H]2O)[C@H](O)[C@H]1O)C1(F)C(F)(F)C(F)(F)C(F)(F)C(F)(F)C1(F)F. The average Bonchev–Trinajstić information content (AvgIpc) is 2.90. The molecule has 11 nitrogen and oxygen atoms in total. The van der Waals surface area contributed by atoms with Crippen molar-refractivity contribution in [3.8, 4) is 0 Å². The highest BCUT2D eigenvalue weighted by Crippen LogP contribution is 2.69. The van der Waals surface area contributed by atoms with E-state index in [1.807, 2.05) is 0 Å². The van der Waals surface area contributed by atoms with Crippen LogP contribution in [0.3, 0.4) is 0 Å². The van der Waals surface area contributed by atoms with E-state index in [0.29, 0.717) is 0 Å². The minimum absolute atomic E-state index is 0.991. The van der Waals surface area contributed by atoms with Crippen LogP contribution in [0.4, 0.5) is 48.3 Å². The lowest BCUT2D eigenvalue weighted by molar-refractivity contribution is -0.476. The third kappa shape index (κ3) is 4.43. The lowest BCUT2D eigenvalue weighted by Gasteiger charge is -2.52. The molecule has 0 bridgehead atoms. The van der Waals surface area contributed by atoms with E-state index in [9.17, 15) is 84.4 Å². The molecule has 2 heterocycles. The van der Waals surface area contributed by atoms with Gasteiger partial charge < -0.3 is 50.0 Å². The number of Topliss-reactive ketones (excluding diaryl/α,β-unsaturated/α-hetero) is 1. The fourth-order valence-corrected chi connectivity index (χ4v) is 4.73. The van der Waals surface area contributed by atoms with Gasteiger partial charge in [0.1, 0.15) is 48.8 Å². The molecule has 7 N–H and O–H groups in total. The van der Waals surface area contributed by atoms with Gasteiger partial charge in [0.15, 0.2) is 12.1 Å². The molecule has 0 aromatic carbocycles. The van der Waals surface area contributed by atoms with Crippen LogP contribution in [0, 0.1) is 0 Å². The summed E-state index contributed by atoms with van der Waals surface area (Å²) in [5, 5.41) is 69.0. The maximum Gasteiger partial charge on any atom is 0.384 e. The summed E-state index contributed by atoms with van der Waals surface area (Å²) >= 11 is 0. The van der Waals surface area contributed by atoms with Crippen molar-refractivity contribution in [1.29, 1.82) is 0 Å². The molecule has 22 heteroatoms. The topological polar surface area (TPSA) is 186 Å². The molecule has 0 spiro atoms. The average molecular weight is 648 g/mol. The second-order valence-electron chi connectivity index (χ2n) is 9.83. The van der Waals surface area contributed by atoms with Crippen LogP contribution in [0.5, 0.6) is 0 Å². The summed E-state index contributed by atoms with van der Waals surface area (Å²) in [7, 11) is 0.